The number of rotatable bonds is 3. The Kier molecular flexibility index (Phi) is 9.48. The molecular weight excluding hydrogens is 496 g/mol. The number of cyclic esters (lactones) is 1. The lowest BCUT2D eigenvalue weighted by Gasteiger charge is -2.26. The zero-order valence-corrected chi connectivity index (χ0v) is 22.4. The first-order valence-electron chi connectivity index (χ1n) is 14.2. The fourth-order valence-electron chi connectivity index (χ4n) is 5.66. The van der Waals surface area contributed by atoms with Crippen molar-refractivity contribution in [2.45, 2.75) is 107 Å². The van der Waals surface area contributed by atoms with Crippen molar-refractivity contribution in [1.29, 1.82) is 0 Å². The van der Waals surface area contributed by atoms with Gasteiger partial charge < -0.3 is 29.2 Å². The number of fused-ring (bicyclic) bond motifs is 4. The van der Waals surface area contributed by atoms with Crippen molar-refractivity contribution in [3.05, 3.63) is 84.0 Å². The number of epoxide rings is 1. The number of hydrogen-bond donors (Lipinski definition) is 2. The normalized spacial score (nSPS) is 34.9. The van der Waals surface area contributed by atoms with E-state index in [1.165, 1.54) is 17.2 Å². The number of hydrogen-bond acceptors (Lipinski definition) is 7. The predicted molar refractivity (Wildman–Crippen MR) is 147 cm³/mol. The summed E-state index contributed by atoms with van der Waals surface area (Å²) in [5.74, 6) is -0.529. The molecule has 1 saturated heterocycles. The number of aliphatic hydroxyl groups excluding tert-OH is 2. The Morgan fingerprint density at radius 1 is 1.08 bits per heavy atom. The van der Waals surface area contributed by atoms with Gasteiger partial charge in [-0.05, 0) is 49.7 Å². The number of carbonyl (C=O) groups is 1. The van der Waals surface area contributed by atoms with Crippen LogP contribution < -0.4 is 0 Å². The smallest absolute Gasteiger partial charge is 0.330 e. The van der Waals surface area contributed by atoms with E-state index in [2.05, 4.69) is 24.8 Å². The van der Waals surface area contributed by atoms with E-state index in [1.54, 1.807) is 12.2 Å². The Bertz CT molecular complexity index is 1090. The Labute approximate surface area is 230 Å². The molecule has 0 radical (unpaired) electrons. The molecule has 1 aromatic rings. The van der Waals surface area contributed by atoms with E-state index in [0.717, 1.165) is 37.7 Å². The second kappa shape index (κ2) is 13.2. The topological polar surface area (TPSA) is 97.8 Å². The maximum absolute atomic E-state index is 12.7. The maximum atomic E-state index is 12.7. The third kappa shape index (κ3) is 7.99. The molecule has 4 aliphatic rings. The molecular formula is C32H40O7. The van der Waals surface area contributed by atoms with E-state index in [9.17, 15) is 15.0 Å². The zero-order chi connectivity index (χ0) is 27.2. The van der Waals surface area contributed by atoms with E-state index in [4.69, 9.17) is 18.9 Å². The van der Waals surface area contributed by atoms with E-state index in [0.29, 0.717) is 19.4 Å². The summed E-state index contributed by atoms with van der Waals surface area (Å²) >= 11 is 0. The average molecular weight is 537 g/mol. The SMILES string of the molecule is C=C1CCC[C@@H]2CC=C[C@@H](CC=CC(=O)OC([C@@H](O)C=CC3Cc4ccccc4CO3)C[C@@H]3O[C@H]3[C@@H](O)C1)O2. The zero-order valence-electron chi connectivity index (χ0n) is 22.4. The van der Waals surface area contributed by atoms with Crippen LogP contribution in [0.15, 0.2) is 72.9 Å². The molecule has 0 aliphatic carbocycles. The fraction of sp³-hybridized carbons (Fsp3) is 0.531. The Morgan fingerprint density at radius 3 is 2.79 bits per heavy atom. The molecule has 1 fully saturated rings. The van der Waals surface area contributed by atoms with Gasteiger partial charge in [-0.3, -0.25) is 0 Å². The molecule has 4 aliphatic heterocycles. The van der Waals surface area contributed by atoms with Crippen LogP contribution in [-0.4, -0.2) is 65.0 Å². The van der Waals surface area contributed by atoms with Crippen LogP contribution in [0.3, 0.4) is 0 Å². The Hall–Kier alpha value is -2.55. The van der Waals surface area contributed by atoms with Crippen LogP contribution in [0.2, 0.25) is 0 Å². The minimum Gasteiger partial charge on any atom is -0.456 e. The highest BCUT2D eigenvalue weighted by atomic mass is 16.6. The monoisotopic (exact) mass is 536 g/mol. The highest BCUT2D eigenvalue weighted by molar-refractivity contribution is 5.82. The molecule has 0 aromatic heterocycles. The first kappa shape index (κ1) is 28.0. The number of carbonyl (C=O) groups excluding carboxylic acids is 1. The van der Waals surface area contributed by atoms with Crippen LogP contribution in [0.1, 0.15) is 56.1 Å². The molecule has 8 atom stereocenters. The molecule has 210 valence electrons. The molecule has 0 saturated carbocycles. The Balaban J connectivity index is 1.25. The highest BCUT2D eigenvalue weighted by Crippen LogP contribution is 2.34. The van der Waals surface area contributed by atoms with Crippen molar-refractivity contribution in [2.24, 2.45) is 0 Å². The number of aliphatic hydroxyl groups is 2. The minimum atomic E-state index is -1.05. The van der Waals surface area contributed by atoms with Crippen LogP contribution in [0, 0.1) is 0 Å². The summed E-state index contributed by atoms with van der Waals surface area (Å²) in [6.07, 6.45) is 13.1. The van der Waals surface area contributed by atoms with E-state index in [1.807, 2.05) is 24.3 Å². The van der Waals surface area contributed by atoms with Gasteiger partial charge in [0.1, 0.15) is 18.3 Å². The Morgan fingerprint density at radius 2 is 1.92 bits per heavy atom. The molecule has 7 nitrogen and oxygen atoms in total. The largest absolute Gasteiger partial charge is 0.456 e. The molecule has 4 heterocycles. The van der Waals surface area contributed by atoms with Crippen LogP contribution >= 0.6 is 0 Å². The number of ether oxygens (including phenoxy) is 4. The van der Waals surface area contributed by atoms with Gasteiger partial charge >= 0.3 is 5.97 Å². The lowest BCUT2D eigenvalue weighted by Crippen LogP contribution is -2.32. The highest BCUT2D eigenvalue weighted by Gasteiger charge is 2.46. The maximum Gasteiger partial charge on any atom is 0.330 e. The van der Waals surface area contributed by atoms with Gasteiger partial charge in [-0.1, -0.05) is 66.8 Å². The van der Waals surface area contributed by atoms with E-state index < -0.39 is 24.3 Å². The molecule has 5 rings (SSSR count). The number of benzene rings is 1. The molecule has 2 unspecified atom stereocenters. The van der Waals surface area contributed by atoms with Crippen molar-refractivity contribution in [2.75, 3.05) is 0 Å². The molecule has 0 spiro atoms. The molecule has 2 N–H and O–H groups in total. The van der Waals surface area contributed by atoms with Crippen LogP contribution in [0.5, 0.6) is 0 Å². The van der Waals surface area contributed by atoms with E-state index in [-0.39, 0.29) is 36.9 Å². The van der Waals surface area contributed by atoms with Crippen molar-refractivity contribution in [3.63, 3.8) is 0 Å². The van der Waals surface area contributed by atoms with Gasteiger partial charge in [0, 0.05) is 18.9 Å². The molecule has 2 bridgehead atoms. The molecule has 1 aromatic carbocycles. The molecule has 39 heavy (non-hydrogen) atoms. The fourth-order valence-corrected chi connectivity index (χ4v) is 5.66. The first-order chi connectivity index (χ1) is 18.9. The van der Waals surface area contributed by atoms with Crippen molar-refractivity contribution in [3.8, 4) is 0 Å². The summed E-state index contributed by atoms with van der Waals surface area (Å²) in [6.45, 7) is 4.67. The van der Waals surface area contributed by atoms with Gasteiger partial charge in [0.25, 0.3) is 0 Å². The van der Waals surface area contributed by atoms with Gasteiger partial charge in [0.05, 0.1) is 37.1 Å². The lowest BCUT2D eigenvalue weighted by molar-refractivity contribution is -0.148. The first-order valence-corrected chi connectivity index (χ1v) is 14.2. The quantitative estimate of drug-likeness (QED) is 0.338. The second-order valence-corrected chi connectivity index (χ2v) is 11.1. The molecule has 7 heteroatoms. The molecule has 0 amide bonds. The standard InChI is InChI=1S/C32H40O7/c1-21-7-4-10-24-11-5-12-25(37-24)13-6-14-31(35)38-29(19-30-32(39-30)28(34)17-21)27(33)16-15-26-18-22-8-2-3-9-23(22)20-36-26/h2-3,5-6,8-9,12,14-16,24-30,32-34H,1,4,7,10-11,13,17-20H2/t24-,25+,26?,27+,28+,29?,30+,32+/m1/s1. The van der Waals surface area contributed by atoms with Crippen molar-refractivity contribution < 1.29 is 34.0 Å². The van der Waals surface area contributed by atoms with Crippen LogP contribution in [0.4, 0.5) is 0 Å². The number of esters is 1. The third-order valence-electron chi connectivity index (χ3n) is 7.92. The summed E-state index contributed by atoms with van der Waals surface area (Å²) in [5, 5.41) is 21.8. The summed E-state index contributed by atoms with van der Waals surface area (Å²) in [5.41, 5.74) is 3.40. The summed E-state index contributed by atoms with van der Waals surface area (Å²) in [7, 11) is 0. The van der Waals surface area contributed by atoms with Crippen LogP contribution in [-0.2, 0) is 36.8 Å². The summed E-state index contributed by atoms with van der Waals surface area (Å²) in [4.78, 5) is 12.7. The van der Waals surface area contributed by atoms with Gasteiger partial charge in [0.15, 0.2) is 0 Å². The van der Waals surface area contributed by atoms with Crippen LogP contribution in [0.25, 0.3) is 0 Å². The van der Waals surface area contributed by atoms with Gasteiger partial charge in [-0.25, -0.2) is 4.79 Å². The van der Waals surface area contributed by atoms with Crippen molar-refractivity contribution >= 4 is 5.97 Å². The third-order valence-corrected chi connectivity index (χ3v) is 7.92. The lowest BCUT2D eigenvalue weighted by atomic mass is 9.96. The average Bonchev–Trinajstić information content (AvgIpc) is 3.70. The van der Waals surface area contributed by atoms with Gasteiger partial charge in [-0.15, -0.1) is 0 Å². The second-order valence-electron chi connectivity index (χ2n) is 11.1. The van der Waals surface area contributed by atoms with Gasteiger partial charge in [0.2, 0.25) is 0 Å². The summed E-state index contributed by atoms with van der Waals surface area (Å²) in [6, 6.07) is 8.16. The minimum absolute atomic E-state index is 0.0812. The van der Waals surface area contributed by atoms with Crippen molar-refractivity contribution in [1.82, 2.24) is 0 Å². The predicted octanol–water partition coefficient (Wildman–Crippen LogP) is 4.27. The summed E-state index contributed by atoms with van der Waals surface area (Å²) < 4.78 is 23.6. The van der Waals surface area contributed by atoms with Gasteiger partial charge in [-0.2, -0.15) is 0 Å². The van der Waals surface area contributed by atoms with E-state index >= 15 is 0 Å².